The number of aryl methyl sites for hydroxylation is 1. The summed E-state index contributed by atoms with van der Waals surface area (Å²) in [5, 5.41) is 3.14. The molecule has 39 heavy (non-hydrogen) atoms. The Morgan fingerprint density at radius 2 is 1.10 bits per heavy atom. The van der Waals surface area contributed by atoms with Crippen LogP contribution in [0, 0.1) is 13.5 Å². The molecule has 182 valence electrons. The van der Waals surface area contributed by atoms with Gasteiger partial charge in [0.05, 0.1) is 40.2 Å². The van der Waals surface area contributed by atoms with E-state index in [9.17, 15) is 0 Å². The number of pyridine rings is 1. The smallest absolute Gasteiger partial charge is 0.187 e. The molecule has 4 heteroatoms. The Balaban J connectivity index is 1.65. The maximum atomic E-state index is 7.35. The Labute approximate surface area is 226 Å². The predicted octanol–water partition coefficient (Wildman–Crippen LogP) is 9.19. The van der Waals surface area contributed by atoms with E-state index in [1.807, 2.05) is 78.9 Å². The maximum Gasteiger partial charge on any atom is 0.187 e. The Morgan fingerprint density at radius 3 is 1.77 bits per heavy atom. The number of aromatic nitrogens is 3. The molecule has 5 aromatic carbocycles. The van der Waals surface area contributed by atoms with E-state index < -0.39 is 0 Å². The molecule has 7 rings (SSSR count). The average Bonchev–Trinajstić information content (AvgIpc) is 3.01. The summed E-state index contributed by atoms with van der Waals surface area (Å²) in [7, 11) is 0. The van der Waals surface area contributed by atoms with Crippen molar-refractivity contribution in [2.75, 3.05) is 0 Å². The van der Waals surface area contributed by atoms with Gasteiger partial charge in [0, 0.05) is 27.3 Å². The zero-order chi connectivity index (χ0) is 26.3. The normalized spacial score (nSPS) is 11.2. The highest BCUT2D eigenvalue weighted by atomic mass is 14.8. The first-order chi connectivity index (χ1) is 19.2. The summed E-state index contributed by atoms with van der Waals surface area (Å²) in [6.07, 6.45) is 0. The summed E-state index contributed by atoms with van der Waals surface area (Å²) in [4.78, 5) is 19.3. The summed E-state index contributed by atoms with van der Waals surface area (Å²) in [6.45, 7) is 9.46. The standard InChI is InChI=1S/C35H22N4/c1-22-21-29-35(39-34(24-13-7-4-8-14-24)33(38-29)23-11-5-3-6-12-23)31-27-15-9-10-16-28(27)37-32(30(22)31)25-17-19-26(36-2)20-18-25/h3-21H,1H3. The molecule has 0 unspecified atom stereocenters. The molecular formula is C35H22N4. The first-order valence-corrected chi connectivity index (χ1v) is 12.8. The summed E-state index contributed by atoms with van der Waals surface area (Å²) in [6, 6.07) is 38.5. The van der Waals surface area contributed by atoms with Crippen LogP contribution in [-0.4, -0.2) is 15.0 Å². The zero-order valence-electron chi connectivity index (χ0n) is 21.3. The lowest BCUT2D eigenvalue weighted by Crippen LogP contribution is -1.99. The highest BCUT2D eigenvalue weighted by Gasteiger charge is 2.20. The molecule has 0 radical (unpaired) electrons. The van der Waals surface area contributed by atoms with Gasteiger partial charge in [-0.05, 0) is 30.2 Å². The van der Waals surface area contributed by atoms with E-state index in [-0.39, 0.29) is 0 Å². The van der Waals surface area contributed by atoms with Gasteiger partial charge in [0.1, 0.15) is 0 Å². The Hall–Kier alpha value is -5.40. The van der Waals surface area contributed by atoms with Gasteiger partial charge in [0.2, 0.25) is 0 Å². The largest absolute Gasteiger partial charge is 0.247 e. The number of fused-ring (bicyclic) bond motifs is 5. The number of para-hydroxylation sites is 1. The average molecular weight is 499 g/mol. The van der Waals surface area contributed by atoms with Gasteiger partial charge in [-0.15, -0.1) is 0 Å². The lowest BCUT2D eigenvalue weighted by molar-refractivity contribution is 1.29. The quantitative estimate of drug-likeness (QED) is 0.180. The van der Waals surface area contributed by atoms with E-state index in [2.05, 4.69) is 48.2 Å². The summed E-state index contributed by atoms with van der Waals surface area (Å²) >= 11 is 0. The van der Waals surface area contributed by atoms with Crippen molar-refractivity contribution in [1.82, 2.24) is 15.0 Å². The zero-order valence-corrected chi connectivity index (χ0v) is 21.3. The van der Waals surface area contributed by atoms with Crippen LogP contribution in [0.2, 0.25) is 0 Å². The second kappa shape index (κ2) is 9.16. The Bertz CT molecular complexity index is 2060. The number of hydrogen-bond acceptors (Lipinski definition) is 3. The third-order valence-corrected chi connectivity index (χ3v) is 7.16. The van der Waals surface area contributed by atoms with E-state index in [1.165, 1.54) is 0 Å². The maximum absolute atomic E-state index is 7.35. The van der Waals surface area contributed by atoms with Crippen molar-refractivity contribution in [1.29, 1.82) is 0 Å². The van der Waals surface area contributed by atoms with Gasteiger partial charge in [-0.25, -0.2) is 19.8 Å². The van der Waals surface area contributed by atoms with Crippen LogP contribution >= 0.6 is 0 Å². The molecule has 0 aliphatic carbocycles. The fourth-order valence-corrected chi connectivity index (χ4v) is 5.35. The van der Waals surface area contributed by atoms with Crippen LogP contribution in [0.5, 0.6) is 0 Å². The monoisotopic (exact) mass is 498 g/mol. The molecule has 0 aliphatic rings. The van der Waals surface area contributed by atoms with Gasteiger partial charge < -0.3 is 0 Å². The second-order valence-electron chi connectivity index (χ2n) is 9.60. The molecule has 4 nitrogen and oxygen atoms in total. The molecule has 0 aliphatic heterocycles. The minimum Gasteiger partial charge on any atom is -0.247 e. The molecular weight excluding hydrogens is 476 g/mol. The first-order valence-electron chi connectivity index (χ1n) is 12.8. The number of hydrogen-bond donors (Lipinski definition) is 0. The van der Waals surface area contributed by atoms with Gasteiger partial charge in [0.25, 0.3) is 0 Å². The fraction of sp³-hybridized carbons (Fsp3) is 0.0286. The van der Waals surface area contributed by atoms with E-state index in [0.717, 1.165) is 72.0 Å². The van der Waals surface area contributed by atoms with Crippen molar-refractivity contribution in [3.05, 3.63) is 132 Å². The third kappa shape index (κ3) is 3.80. The van der Waals surface area contributed by atoms with E-state index in [1.54, 1.807) is 0 Å². The second-order valence-corrected chi connectivity index (χ2v) is 9.60. The van der Waals surface area contributed by atoms with Crippen LogP contribution in [0.4, 0.5) is 5.69 Å². The Morgan fingerprint density at radius 1 is 0.538 bits per heavy atom. The minimum atomic E-state index is 0.609. The van der Waals surface area contributed by atoms with Crippen molar-refractivity contribution >= 4 is 38.4 Å². The van der Waals surface area contributed by atoms with Gasteiger partial charge in [0.15, 0.2) is 5.69 Å². The topological polar surface area (TPSA) is 43.0 Å². The fourth-order valence-electron chi connectivity index (χ4n) is 5.35. The van der Waals surface area contributed by atoms with Crippen molar-refractivity contribution < 1.29 is 0 Å². The summed E-state index contributed by atoms with van der Waals surface area (Å²) < 4.78 is 0. The van der Waals surface area contributed by atoms with Crippen LogP contribution in [-0.2, 0) is 0 Å². The minimum absolute atomic E-state index is 0.609. The molecule has 0 fully saturated rings. The van der Waals surface area contributed by atoms with Crippen LogP contribution in [0.25, 0.3) is 71.3 Å². The van der Waals surface area contributed by atoms with E-state index in [4.69, 9.17) is 21.5 Å². The lowest BCUT2D eigenvalue weighted by atomic mass is 9.94. The first kappa shape index (κ1) is 22.8. The molecule has 7 aromatic rings. The molecule has 0 bridgehead atoms. The number of rotatable bonds is 3. The predicted molar refractivity (Wildman–Crippen MR) is 160 cm³/mol. The number of benzene rings is 5. The summed E-state index contributed by atoms with van der Waals surface area (Å²) in [5.74, 6) is 0. The van der Waals surface area contributed by atoms with Gasteiger partial charge in [-0.2, -0.15) is 0 Å². The third-order valence-electron chi connectivity index (χ3n) is 7.16. The van der Waals surface area contributed by atoms with Crippen molar-refractivity contribution in [3.63, 3.8) is 0 Å². The van der Waals surface area contributed by atoms with Crippen molar-refractivity contribution in [3.8, 4) is 33.8 Å². The van der Waals surface area contributed by atoms with Crippen molar-refractivity contribution in [2.45, 2.75) is 6.92 Å². The molecule has 0 amide bonds. The molecule has 0 saturated carbocycles. The molecule has 0 atom stereocenters. The van der Waals surface area contributed by atoms with Crippen LogP contribution in [0.3, 0.4) is 0 Å². The van der Waals surface area contributed by atoms with E-state index >= 15 is 0 Å². The highest BCUT2D eigenvalue weighted by Crippen LogP contribution is 2.40. The SMILES string of the molecule is [C-]#[N+]c1ccc(-c2nc3ccccc3c3c2c(C)cc2nc(-c4ccccc4)c(-c4ccccc4)nc23)cc1. The molecule has 2 heterocycles. The van der Waals surface area contributed by atoms with Gasteiger partial charge in [-0.1, -0.05) is 103 Å². The highest BCUT2D eigenvalue weighted by molar-refractivity contribution is 6.22. The molecule has 0 N–H and O–H groups in total. The number of nitrogens with zero attached hydrogens (tertiary/aromatic N) is 4. The molecule has 2 aromatic heterocycles. The Kier molecular flexibility index (Phi) is 5.35. The summed E-state index contributed by atoms with van der Waals surface area (Å²) in [5.41, 5.74) is 9.92. The van der Waals surface area contributed by atoms with Crippen LogP contribution in [0.15, 0.2) is 115 Å². The van der Waals surface area contributed by atoms with Crippen LogP contribution < -0.4 is 0 Å². The molecule has 0 saturated heterocycles. The van der Waals surface area contributed by atoms with Crippen molar-refractivity contribution in [2.24, 2.45) is 0 Å². The van der Waals surface area contributed by atoms with Gasteiger partial charge in [-0.3, -0.25) is 0 Å². The molecule has 0 spiro atoms. The van der Waals surface area contributed by atoms with E-state index in [0.29, 0.717) is 5.69 Å². The van der Waals surface area contributed by atoms with Crippen LogP contribution in [0.1, 0.15) is 5.56 Å². The lowest BCUT2D eigenvalue weighted by Gasteiger charge is -2.17. The van der Waals surface area contributed by atoms with Gasteiger partial charge >= 0.3 is 0 Å².